The summed E-state index contributed by atoms with van der Waals surface area (Å²) < 4.78 is 24.6. The molecule has 4 rings (SSSR count). The molecule has 0 saturated heterocycles. The van der Waals surface area contributed by atoms with E-state index in [2.05, 4.69) is 10.6 Å². The molecule has 42 heavy (non-hydrogen) atoms. The summed E-state index contributed by atoms with van der Waals surface area (Å²) >= 11 is 1.48. The van der Waals surface area contributed by atoms with E-state index in [1.165, 1.54) is 17.6 Å². The molecule has 2 N–H and O–H groups in total. The van der Waals surface area contributed by atoms with Crippen molar-refractivity contribution in [3.63, 3.8) is 0 Å². The van der Waals surface area contributed by atoms with Crippen LogP contribution in [0.15, 0.2) is 41.8 Å². The van der Waals surface area contributed by atoms with Crippen LogP contribution in [0.25, 0.3) is 22.0 Å². The summed E-state index contributed by atoms with van der Waals surface area (Å²) in [7, 11) is -1.53. The fraction of sp³-hybridized carbons (Fsp3) is 0.531. The van der Waals surface area contributed by atoms with Gasteiger partial charge in [-0.05, 0) is 62.4 Å². The van der Waals surface area contributed by atoms with Gasteiger partial charge in [-0.3, -0.25) is 9.59 Å². The maximum absolute atomic E-state index is 14.3. The van der Waals surface area contributed by atoms with Crippen LogP contribution in [-0.2, 0) is 25.2 Å². The van der Waals surface area contributed by atoms with Gasteiger partial charge in [0.15, 0.2) is 9.84 Å². The van der Waals surface area contributed by atoms with E-state index >= 15 is 0 Å². The summed E-state index contributed by atoms with van der Waals surface area (Å²) in [5.74, 6) is -0.208. The van der Waals surface area contributed by atoms with Gasteiger partial charge in [-0.25, -0.2) is 13.4 Å². The summed E-state index contributed by atoms with van der Waals surface area (Å²) in [5.41, 5.74) is 2.23. The van der Waals surface area contributed by atoms with Crippen LogP contribution in [0.1, 0.15) is 75.9 Å². The van der Waals surface area contributed by atoms with Crippen molar-refractivity contribution in [3.05, 3.63) is 52.3 Å². The Morgan fingerprint density at radius 2 is 1.81 bits per heavy atom. The summed E-state index contributed by atoms with van der Waals surface area (Å²) in [5, 5.41) is 10.8. The van der Waals surface area contributed by atoms with Gasteiger partial charge >= 0.3 is 0 Å². The molecule has 2 unspecified atom stereocenters. The van der Waals surface area contributed by atoms with Crippen LogP contribution < -0.4 is 10.6 Å². The molecule has 1 aliphatic carbocycles. The predicted octanol–water partition coefficient (Wildman–Crippen LogP) is 5.48. The topological polar surface area (TPSA) is 108 Å². The van der Waals surface area contributed by atoms with Crippen molar-refractivity contribution in [2.45, 2.75) is 83.2 Å². The van der Waals surface area contributed by atoms with E-state index < -0.39 is 21.9 Å². The molecular weight excluding hydrogens is 569 g/mol. The van der Waals surface area contributed by atoms with Crippen molar-refractivity contribution < 1.29 is 18.0 Å². The Labute approximate surface area is 254 Å². The highest BCUT2D eigenvalue weighted by atomic mass is 32.2. The number of thiazole rings is 1. The van der Waals surface area contributed by atoms with Crippen LogP contribution in [0.4, 0.5) is 0 Å². The molecule has 0 bridgehead atoms. The first-order valence-corrected chi connectivity index (χ1v) is 17.9. The van der Waals surface area contributed by atoms with E-state index in [1.54, 1.807) is 14.0 Å². The third-order valence-corrected chi connectivity index (χ3v) is 10.1. The summed E-state index contributed by atoms with van der Waals surface area (Å²) in [4.78, 5) is 34.1. The molecule has 1 saturated carbocycles. The minimum Gasteiger partial charge on any atom is -0.343 e. The van der Waals surface area contributed by atoms with Crippen molar-refractivity contribution in [1.82, 2.24) is 20.5 Å². The third kappa shape index (κ3) is 7.57. The summed E-state index contributed by atoms with van der Waals surface area (Å²) in [6.07, 6.45) is 7.14. The van der Waals surface area contributed by atoms with Crippen LogP contribution in [0, 0.1) is 5.92 Å². The number of aromatic nitrogens is 1. The van der Waals surface area contributed by atoms with Gasteiger partial charge in [-0.15, -0.1) is 11.3 Å². The average molecular weight is 613 g/mol. The number of benzene rings is 2. The highest BCUT2D eigenvalue weighted by Crippen LogP contribution is 2.37. The van der Waals surface area contributed by atoms with Crippen molar-refractivity contribution in [1.29, 1.82) is 0 Å². The number of fused-ring (bicyclic) bond motifs is 1. The first-order chi connectivity index (χ1) is 20.0. The lowest BCUT2D eigenvalue weighted by molar-refractivity contribution is -0.140. The molecule has 2 amide bonds. The lowest BCUT2D eigenvalue weighted by Gasteiger charge is -2.36. The second kappa shape index (κ2) is 14.1. The second-order valence-corrected chi connectivity index (χ2v) is 14.6. The highest BCUT2D eigenvalue weighted by molar-refractivity contribution is 7.89. The van der Waals surface area contributed by atoms with Crippen molar-refractivity contribution in [3.8, 4) is 11.3 Å². The normalized spacial score (nSPS) is 16.6. The van der Waals surface area contributed by atoms with E-state index in [1.807, 2.05) is 60.5 Å². The maximum atomic E-state index is 14.3. The summed E-state index contributed by atoms with van der Waals surface area (Å²) in [6, 6.07) is 10.4. The number of hydrogen-bond acceptors (Lipinski definition) is 7. The Morgan fingerprint density at radius 1 is 1.10 bits per heavy atom. The van der Waals surface area contributed by atoms with Gasteiger partial charge in [-0.2, -0.15) is 0 Å². The Kier molecular flexibility index (Phi) is 10.8. The largest absolute Gasteiger partial charge is 0.343 e. The molecule has 0 spiro atoms. The Hall–Kier alpha value is -2.82. The Balaban J connectivity index is 1.69. The number of likely N-dealkylation sites (N-methyl/N-ethyl adjacent to an activating group) is 1. The average Bonchev–Trinajstić information content (AvgIpc) is 3.47. The van der Waals surface area contributed by atoms with Crippen LogP contribution in [0.5, 0.6) is 0 Å². The molecule has 0 radical (unpaired) electrons. The van der Waals surface area contributed by atoms with E-state index in [0.29, 0.717) is 17.8 Å². The molecule has 1 fully saturated rings. The van der Waals surface area contributed by atoms with Crippen LogP contribution in [0.2, 0.25) is 0 Å². The van der Waals surface area contributed by atoms with Crippen LogP contribution in [-0.4, -0.2) is 62.0 Å². The number of sulfone groups is 1. The van der Waals surface area contributed by atoms with Crippen molar-refractivity contribution in [2.75, 3.05) is 19.8 Å². The quantitative estimate of drug-likeness (QED) is 0.281. The standard InChI is InChI=1S/C32H44N4O4S2/c1-6-18-36(32(38)29(24-13-8-7-9-14-24)35-30(37)21(2)33-4)22(3)31-34-27(19-41-31)28-25(20-42(5,39)40)17-16-23-12-10-11-15-26(23)28/h10-12,15-17,19,21-22,24,29,33H,6-9,13-14,18,20H2,1-5H3,(H,35,37)/t21-,22?,29?/m0/s1. The van der Waals surface area contributed by atoms with E-state index in [9.17, 15) is 18.0 Å². The van der Waals surface area contributed by atoms with Crippen LogP contribution in [0.3, 0.4) is 0 Å². The maximum Gasteiger partial charge on any atom is 0.246 e. The number of nitrogens with zero attached hydrogens (tertiary/aromatic N) is 2. The first kappa shape index (κ1) is 32.1. The molecule has 228 valence electrons. The lowest BCUT2D eigenvalue weighted by Crippen LogP contribution is -2.56. The summed E-state index contributed by atoms with van der Waals surface area (Å²) in [6.45, 7) is 6.38. The fourth-order valence-corrected chi connectivity index (χ4v) is 7.61. The van der Waals surface area contributed by atoms with Gasteiger partial charge in [-0.1, -0.05) is 62.6 Å². The molecule has 3 aromatic rings. The zero-order chi connectivity index (χ0) is 30.4. The Bertz CT molecular complexity index is 1500. The number of hydrogen-bond donors (Lipinski definition) is 2. The van der Waals surface area contributed by atoms with Gasteiger partial charge < -0.3 is 15.5 Å². The smallest absolute Gasteiger partial charge is 0.246 e. The molecule has 2 aromatic carbocycles. The zero-order valence-electron chi connectivity index (χ0n) is 25.4. The van der Waals surface area contributed by atoms with E-state index in [4.69, 9.17) is 4.98 Å². The molecule has 10 heteroatoms. The molecule has 8 nitrogen and oxygen atoms in total. The highest BCUT2D eigenvalue weighted by Gasteiger charge is 2.36. The molecular formula is C32H44N4O4S2. The number of carbonyl (C=O) groups is 2. The first-order valence-electron chi connectivity index (χ1n) is 15.0. The van der Waals surface area contributed by atoms with E-state index in [-0.39, 0.29) is 29.5 Å². The molecule has 1 aliphatic rings. The van der Waals surface area contributed by atoms with Gasteiger partial charge in [0, 0.05) is 23.7 Å². The number of rotatable bonds is 12. The molecule has 0 aliphatic heterocycles. The van der Waals surface area contributed by atoms with Gasteiger partial charge in [0.1, 0.15) is 11.0 Å². The minimum atomic E-state index is -3.27. The van der Waals surface area contributed by atoms with Gasteiger partial charge in [0.05, 0.1) is 23.5 Å². The minimum absolute atomic E-state index is 0.0624. The van der Waals surface area contributed by atoms with Gasteiger partial charge in [0.25, 0.3) is 0 Å². The van der Waals surface area contributed by atoms with Crippen LogP contribution >= 0.6 is 11.3 Å². The fourth-order valence-electron chi connectivity index (χ4n) is 5.92. The lowest BCUT2D eigenvalue weighted by atomic mass is 9.83. The van der Waals surface area contributed by atoms with Crippen molar-refractivity contribution >= 4 is 43.8 Å². The number of carbonyl (C=O) groups excluding carboxylic acids is 2. The SMILES string of the molecule is CCCN(C(=O)C(NC(=O)[C@H](C)NC)C1CCCCC1)C(C)c1nc(-c2c(CS(C)(=O)=O)ccc3ccccc23)cs1. The molecule has 1 heterocycles. The molecule has 1 aromatic heterocycles. The van der Waals surface area contributed by atoms with Crippen molar-refractivity contribution in [2.24, 2.45) is 5.92 Å². The van der Waals surface area contributed by atoms with Gasteiger partial charge in [0.2, 0.25) is 11.8 Å². The van der Waals surface area contributed by atoms with E-state index in [0.717, 1.165) is 59.9 Å². The monoisotopic (exact) mass is 612 g/mol. The third-order valence-electron chi connectivity index (χ3n) is 8.29. The molecule has 3 atom stereocenters. The second-order valence-electron chi connectivity index (χ2n) is 11.6. The number of nitrogens with one attached hydrogen (secondary N) is 2. The Morgan fingerprint density at radius 3 is 2.48 bits per heavy atom. The zero-order valence-corrected chi connectivity index (χ0v) is 27.0. The number of amides is 2. The predicted molar refractivity (Wildman–Crippen MR) is 171 cm³/mol.